The van der Waals surface area contributed by atoms with E-state index in [0.717, 1.165) is 38.8 Å². The van der Waals surface area contributed by atoms with E-state index in [0.29, 0.717) is 78.0 Å². The minimum atomic E-state index is -0.827. The van der Waals surface area contributed by atoms with Crippen molar-refractivity contribution < 1.29 is 63.6 Å². The van der Waals surface area contributed by atoms with Crippen LogP contribution in [-0.2, 0) is 38.1 Å². The largest absolute Gasteiger partial charge is 0.481 e. The van der Waals surface area contributed by atoms with Crippen molar-refractivity contribution in [2.45, 2.75) is 111 Å². The average molecular weight is 812 g/mol. The van der Waals surface area contributed by atoms with Crippen LogP contribution in [0.3, 0.4) is 0 Å². The lowest BCUT2D eigenvalue weighted by Crippen LogP contribution is -2.39. The molecule has 5 N–H and O–H groups in total. The molecule has 52 heavy (non-hydrogen) atoms. The molecule has 0 amide bonds. The van der Waals surface area contributed by atoms with Crippen LogP contribution in [0.2, 0.25) is 0 Å². The number of halogens is 1. The summed E-state index contributed by atoms with van der Waals surface area (Å²) in [5.41, 5.74) is 0. The molecule has 0 spiro atoms. The Balaban J connectivity index is -0.0000000984. The van der Waals surface area contributed by atoms with E-state index in [2.05, 4.69) is 50.8 Å². The van der Waals surface area contributed by atoms with Crippen molar-refractivity contribution in [2.75, 3.05) is 65.8 Å². The summed E-state index contributed by atoms with van der Waals surface area (Å²) in [6.07, 6.45) is 21.0. The normalized spacial score (nSPS) is 8.63. The smallest absolute Gasteiger partial charge is 0.305 e. The second-order valence-electron chi connectivity index (χ2n) is 8.62. The molecule has 0 saturated carbocycles. The second kappa shape index (κ2) is 62.9. The number of hydrogen-bond acceptors (Lipinski definition) is 12. The van der Waals surface area contributed by atoms with Gasteiger partial charge in [-0.1, -0.05) is 27.8 Å². The fourth-order valence-electron chi connectivity index (χ4n) is 2.89. The lowest BCUT2D eigenvalue weighted by atomic mass is 10.2. The van der Waals surface area contributed by atoms with E-state index in [1.165, 1.54) is 0 Å². The first kappa shape index (κ1) is 63.9. The van der Waals surface area contributed by atoms with Crippen molar-refractivity contribution in [3.8, 4) is 48.9 Å². The number of carbonyl (C=O) groups excluding carboxylic acids is 2. The zero-order chi connectivity index (χ0) is 41.7. The molecule has 0 unspecified atom stereocenters. The van der Waals surface area contributed by atoms with Gasteiger partial charge in [0.15, 0.2) is 0 Å². The highest BCUT2D eigenvalue weighted by Gasteiger charge is 2.31. The third-order valence-electron chi connectivity index (χ3n) is 4.71. The van der Waals surface area contributed by atoms with Gasteiger partial charge in [0.2, 0.25) is 0 Å². The number of aliphatic carboxylic acids is 1. The average Bonchev–Trinajstić information content (AvgIpc) is 3.14. The topological polar surface area (TPSA) is 199 Å². The SMILES string of the molecule is C#CCCCC(=O)O.C#CCCCC(=O)OCC.C#CCO.CCOC(=O)CCCC#CCO.CCOC(CCCBr)(OCC)OCC.CO.CO. The Kier molecular flexibility index (Phi) is 77.3. The number of unbranched alkanes of at least 4 members (excludes halogenated alkanes) is 3. The highest BCUT2D eigenvalue weighted by Crippen LogP contribution is 2.22. The molecule has 0 bridgehead atoms. The van der Waals surface area contributed by atoms with Crippen LogP contribution in [0.4, 0.5) is 0 Å². The Morgan fingerprint density at radius 3 is 1.27 bits per heavy atom. The molecule has 0 rings (SSSR count). The van der Waals surface area contributed by atoms with Crippen LogP contribution >= 0.6 is 15.9 Å². The monoisotopic (exact) mass is 810 g/mol. The van der Waals surface area contributed by atoms with Gasteiger partial charge in [-0.25, -0.2) is 0 Å². The van der Waals surface area contributed by atoms with Gasteiger partial charge in [0, 0.05) is 84.3 Å². The van der Waals surface area contributed by atoms with E-state index in [4.69, 9.17) is 57.3 Å². The molecule has 0 radical (unpaired) electrons. The fourth-order valence-corrected chi connectivity index (χ4v) is 3.17. The number of terminal acetylenes is 3. The Morgan fingerprint density at radius 1 is 0.596 bits per heavy atom. The van der Waals surface area contributed by atoms with E-state index in [1.807, 2.05) is 26.7 Å². The van der Waals surface area contributed by atoms with E-state index >= 15 is 0 Å². The van der Waals surface area contributed by atoms with Crippen molar-refractivity contribution >= 4 is 33.8 Å². The van der Waals surface area contributed by atoms with Crippen molar-refractivity contribution in [1.82, 2.24) is 0 Å². The predicted molar refractivity (Wildman–Crippen MR) is 208 cm³/mol. The Bertz CT molecular complexity index is 909. The molecule has 0 heterocycles. The van der Waals surface area contributed by atoms with Crippen molar-refractivity contribution in [3.05, 3.63) is 0 Å². The number of carboxylic acid groups (broad SMARTS) is 1. The van der Waals surface area contributed by atoms with E-state index in [-0.39, 0.29) is 31.6 Å². The molecule has 14 heteroatoms. The third kappa shape index (κ3) is 68.7. The molecule has 0 fully saturated rings. The summed E-state index contributed by atoms with van der Waals surface area (Å²) in [4.78, 5) is 31.2. The molecular weight excluding hydrogens is 744 g/mol. The number of esters is 2. The van der Waals surface area contributed by atoms with Gasteiger partial charge < -0.3 is 49.2 Å². The first-order valence-electron chi connectivity index (χ1n) is 16.9. The highest BCUT2D eigenvalue weighted by molar-refractivity contribution is 9.09. The maximum absolute atomic E-state index is 10.8. The molecule has 0 atom stereocenters. The molecule has 0 aliphatic heterocycles. The van der Waals surface area contributed by atoms with Gasteiger partial charge in [-0.3, -0.25) is 14.4 Å². The number of carbonyl (C=O) groups is 3. The third-order valence-corrected chi connectivity index (χ3v) is 5.27. The van der Waals surface area contributed by atoms with Gasteiger partial charge in [-0.2, -0.15) is 0 Å². The number of alkyl halides is 1. The maximum atomic E-state index is 10.8. The molecule has 0 aliphatic carbocycles. The predicted octanol–water partition coefficient (Wildman–Crippen LogP) is 4.70. The van der Waals surface area contributed by atoms with Gasteiger partial charge >= 0.3 is 17.9 Å². The van der Waals surface area contributed by atoms with Gasteiger partial charge in [0.1, 0.15) is 13.2 Å². The number of hydrogen-bond donors (Lipinski definition) is 5. The number of rotatable bonds is 20. The van der Waals surface area contributed by atoms with Crippen molar-refractivity contribution in [2.24, 2.45) is 0 Å². The minimum Gasteiger partial charge on any atom is -0.481 e. The lowest BCUT2D eigenvalue weighted by Gasteiger charge is -2.32. The number of aliphatic hydroxyl groups is 4. The van der Waals surface area contributed by atoms with E-state index in [1.54, 1.807) is 13.8 Å². The van der Waals surface area contributed by atoms with Gasteiger partial charge in [0.25, 0.3) is 5.97 Å². The Morgan fingerprint density at radius 2 is 0.981 bits per heavy atom. The summed E-state index contributed by atoms with van der Waals surface area (Å²) in [6.45, 7) is 11.8. The van der Waals surface area contributed by atoms with Crippen LogP contribution in [0.1, 0.15) is 105 Å². The number of ether oxygens (including phenoxy) is 5. The molecule has 304 valence electrons. The Labute approximate surface area is 322 Å². The second-order valence-corrected chi connectivity index (χ2v) is 9.41. The summed E-state index contributed by atoms with van der Waals surface area (Å²) >= 11 is 3.39. The summed E-state index contributed by atoms with van der Waals surface area (Å²) in [7, 11) is 2.00. The molecule has 0 aromatic rings. The number of carboxylic acids is 1. The summed E-state index contributed by atoms with van der Waals surface area (Å²) in [5, 5.41) is 38.9. The maximum Gasteiger partial charge on any atom is 0.305 e. The molecule has 13 nitrogen and oxygen atoms in total. The minimum absolute atomic E-state index is 0.112. The summed E-state index contributed by atoms with van der Waals surface area (Å²) < 4.78 is 26.0. The standard InChI is InChI=1S/C10H21BrO3.C9H14O3.C8H12O2.C6H8O2.C3H4O.2CH4O/c1-4-12-10(13-5-2,14-6-3)8-7-9-11;1-2-12-9(11)7-5-3-4-6-8-10;1-3-5-6-7-8(9)10-4-2;1-2-3-4-5-6(7)8;1-2-3-4;2*1-2/h4-9H2,1-3H3;10H,2-3,5,7-8H2,1H3;1H,4-7H2,2H3;1H,3-5H2,(H,7,8);1,4H,3H2;2*2H,1H3. The van der Waals surface area contributed by atoms with E-state index in [9.17, 15) is 14.4 Å². The van der Waals surface area contributed by atoms with Crippen LogP contribution in [0, 0.1) is 48.9 Å². The molecule has 0 aromatic heterocycles. The highest BCUT2D eigenvalue weighted by atomic mass is 79.9. The van der Waals surface area contributed by atoms with Crippen LogP contribution in [0.25, 0.3) is 0 Å². The first-order valence-corrected chi connectivity index (χ1v) is 18.0. The van der Waals surface area contributed by atoms with Crippen molar-refractivity contribution in [1.29, 1.82) is 0 Å². The van der Waals surface area contributed by atoms with Gasteiger partial charge in [0.05, 0.1) is 13.2 Å². The first-order chi connectivity index (χ1) is 25.0. The van der Waals surface area contributed by atoms with Crippen molar-refractivity contribution in [3.63, 3.8) is 0 Å². The molecule has 0 aromatic carbocycles. The zero-order valence-electron chi connectivity index (χ0n) is 32.5. The molecule has 0 saturated heterocycles. The van der Waals surface area contributed by atoms with Crippen LogP contribution in [0.5, 0.6) is 0 Å². The number of aliphatic hydroxyl groups excluding tert-OH is 4. The fraction of sp³-hybridized carbons (Fsp3) is 0.711. The quantitative estimate of drug-likeness (QED) is 0.0374. The zero-order valence-corrected chi connectivity index (χ0v) is 34.1. The molecule has 0 aliphatic rings. The van der Waals surface area contributed by atoms with Crippen LogP contribution in [0.15, 0.2) is 0 Å². The molecular formula is C38H67BrO13. The van der Waals surface area contributed by atoms with Gasteiger partial charge in [-0.05, 0) is 60.3 Å². The van der Waals surface area contributed by atoms with Crippen LogP contribution in [-0.4, -0.2) is 115 Å². The summed E-state index contributed by atoms with van der Waals surface area (Å²) in [6, 6.07) is 0. The summed E-state index contributed by atoms with van der Waals surface area (Å²) in [5.74, 6) is 10.1. The van der Waals surface area contributed by atoms with Gasteiger partial charge in [-0.15, -0.1) is 37.0 Å². The van der Waals surface area contributed by atoms with Crippen LogP contribution < -0.4 is 0 Å². The van der Waals surface area contributed by atoms with E-state index < -0.39 is 11.9 Å². The Hall–Kier alpha value is -3.15. The lowest BCUT2D eigenvalue weighted by molar-refractivity contribution is -0.379.